The molecule has 3 aromatic rings. The third-order valence-corrected chi connectivity index (χ3v) is 6.81. The van der Waals surface area contributed by atoms with Crippen LogP contribution in [-0.4, -0.2) is 48.0 Å². The van der Waals surface area contributed by atoms with E-state index in [-0.39, 0.29) is 16.7 Å². The molecular formula is C28H36N3O4. The zero-order chi connectivity index (χ0) is 24.7. The van der Waals surface area contributed by atoms with Crippen LogP contribution in [0.5, 0.6) is 11.5 Å². The zero-order valence-corrected chi connectivity index (χ0v) is 20.2. The Morgan fingerprint density at radius 3 is 2.71 bits per heavy atom. The lowest BCUT2D eigenvalue weighted by Gasteiger charge is -2.34. The van der Waals surface area contributed by atoms with Crippen LogP contribution in [0.1, 0.15) is 42.9 Å². The predicted octanol–water partition coefficient (Wildman–Crippen LogP) is 3.46. The third kappa shape index (κ3) is 6.63. The summed E-state index contributed by atoms with van der Waals surface area (Å²) in [6.07, 6.45) is 4.17. The summed E-state index contributed by atoms with van der Waals surface area (Å²) in [5.41, 5.74) is 2.02. The van der Waals surface area contributed by atoms with Crippen molar-refractivity contribution >= 4 is 10.9 Å². The second-order valence-corrected chi connectivity index (χ2v) is 9.60. The van der Waals surface area contributed by atoms with Crippen molar-refractivity contribution in [3.63, 3.8) is 0 Å². The fourth-order valence-corrected chi connectivity index (χ4v) is 4.76. The molecule has 1 aliphatic rings. The Hall–Kier alpha value is -2.87. The standard InChI is InChI=1S/C28H36N3O4/c1-28(12-15-29-16-13-28)18-20-6-2-3-7-25(20)35-17-5-4-14-30-19-24(33)21-8-10-23(32)27-22(21)9-11-26(34)31-27/h2-3,6-11,24,29-30,32-33H,1,4-5,12-19H2,(H,31,34)/t24-/m0/s1. The lowest BCUT2D eigenvalue weighted by atomic mass is 9.76. The van der Waals surface area contributed by atoms with Crippen LogP contribution in [0.25, 0.3) is 10.9 Å². The SMILES string of the molecule is [CH2]C1(Cc2ccccc2OCCCCNC[C@H](O)c2ccc(O)c3[nH]c(=O)ccc23)CCNCC1. The van der Waals surface area contributed by atoms with Gasteiger partial charge in [0, 0.05) is 18.0 Å². The number of aromatic amines is 1. The molecule has 1 radical (unpaired) electrons. The number of ether oxygens (including phenoxy) is 1. The Labute approximate surface area is 206 Å². The first-order valence-corrected chi connectivity index (χ1v) is 12.5. The first-order chi connectivity index (χ1) is 17.0. The maximum absolute atomic E-state index is 11.6. The van der Waals surface area contributed by atoms with Gasteiger partial charge < -0.3 is 30.6 Å². The van der Waals surface area contributed by atoms with Gasteiger partial charge in [0.05, 0.1) is 18.2 Å². The number of nitrogens with one attached hydrogen (secondary N) is 3. The number of phenols is 1. The normalized spacial score (nSPS) is 16.3. The molecule has 1 atom stereocenters. The zero-order valence-electron chi connectivity index (χ0n) is 20.2. The number of para-hydroxylation sites is 1. The van der Waals surface area contributed by atoms with Crippen molar-refractivity contribution in [1.29, 1.82) is 0 Å². The summed E-state index contributed by atoms with van der Waals surface area (Å²) in [5, 5.41) is 28.0. The van der Waals surface area contributed by atoms with Crippen LogP contribution in [0.15, 0.2) is 53.3 Å². The number of benzene rings is 2. The van der Waals surface area contributed by atoms with E-state index in [9.17, 15) is 15.0 Å². The first kappa shape index (κ1) is 25.2. The Kier molecular flexibility index (Phi) is 8.44. The fourth-order valence-electron chi connectivity index (χ4n) is 4.76. The average molecular weight is 479 g/mol. The monoisotopic (exact) mass is 478 g/mol. The van der Waals surface area contributed by atoms with Gasteiger partial charge in [-0.1, -0.05) is 24.3 Å². The van der Waals surface area contributed by atoms with Gasteiger partial charge >= 0.3 is 0 Å². The minimum atomic E-state index is -0.753. The van der Waals surface area contributed by atoms with Crippen LogP contribution < -0.4 is 20.9 Å². The molecule has 0 saturated carbocycles. The van der Waals surface area contributed by atoms with Crippen LogP contribution in [0.3, 0.4) is 0 Å². The molecule has 0 spiro atoms. The van der Waals surface area contributed by atoms with Crippen molar-refractivity contribution in [3.05, 3.63) is 76.9 Å². The van der Waals surface area contributed by atoms with Crippen LogP contribution in [-0.2, 0) is 6.42 Å². The van der Waals surface area contributed by atoms with Gasteiger partial charge in [0.15, 0.2) is 0 Å². The van der Waals surface area contributed by atoms with Gasteiger partial charge in [0.2, 0.25) is 5.56 Å². The van der Waals surface area contributed by atoms with Crippen LogP contribution in [0.4, 0.5) is 0 Å². The number of hydrogen-bond donors (Lipinski definition) is 5. The molecule has 1 saturated heterocycles. The largest absolute Gasteiger partial charge is 0.506 e. The minimum absolute atomic E-state index is 0.00991. The van der Waals surface area contributed by atoms with Crippen molar-refractivity contribution in [2.24, 2.45) is 5.41 Å². The third-order valence-electron chi connectivity index (χ3n) is 6.81. The van der Waals surface area contributed by atoms with Crippen molar-refractivity contribution in [1.82, 2.24) is 15.6 Å². The van der Waals surface area contributed by atoms with E-state index < -0.39 is 6.10 Å². The van der Waals surface area contributed by atoms with Gasteiger partial charge in [-0.3, -0.25) is 4.79 Å². The van der Waals surface area contributed by atoms with E-state index in [2.05, 4.69) is 34.7 Å². The van der Waals surface area contributed by atoms with Gasteiger partial charge in [0.1, 0.15) is 11.5 Å². The van der Waals surface area contributed by atoms with Gasteiger partial charge in [-0.2, -0.15) is 0 Å². The highest BCUT2D eigenvalue weighted by molar-refractivity contribution is 5.87. The number of rotatable bonds is 11. The average Bonchev–Trinajstić information content (AvgIpc) is 2.85. The molecule has 0 aliphatic carbocycles. The molecule has 7 heteroatoms. The maximum atomic E-state index is 11.6. The molecule has 1 fully saturated rings. The summed E-state index contributed by atoms with van der Waals surface area (Å²) in [6.45, 7) is 8.33. The van der Waals surface area contributed by atoms with Crippen molar-refractivity contribution in [3.8, 4) is 11.5 Å². The topological polar surface area (TPSA) is 107 Å². The molecule has 2 aromatic carbocycles. The summed E-state index contributed by atoms with van der Waals surface area (Å²) in [6, 6.07) is 14.5. The van der Waals surface area contributed by atoms with Crippen LogP contribution in [0, 0.1) is 12.3 Å². The number of aromatic nitrogens is 1. The molecule has 35 heavy (non-hydrogen) atoms. The lowest BCUT2D eigenvalue weighted by Crippen LogP contribution is -2.36. The van der Waals surface area contributed by atoms with E-state index in [0.717, 1.165) is 57.5 Å². The number of unbranched alkanes of at least 4 members (excludes halogenated alkanes) is 1. The molecule has 0 unspecified atom stereocenters. The van der Waals surface area contributed by atoms with Crippen molar-refractivity contribution in [2.75, 3.05) is 32.8 Å². The van der Waals surface area contributed by atoms with Gasteiger partial charge in [-0.25, -0.2) is 0 Å². The molecule has 0 amide bonds. The molecule has 7 nitrogen and oxygen atoms in total. The van der Waals surface area contributed by atoms with Crippen LogP contribution in [0.2, 0.25) is 0 Å². The van der Waals surface area contributed by atoms with E-state index in [1.54, 1.807) is 12.1 Å². The van der Waals surface area contributed by atoms with Gasteiger partial charge in [-0.15, -0.1) is 0 Å². The fraction of sp³-hybridized carbons (Fsp3) is 0.429. The highest BCUT2D eigenvalue weighted by Crippen LogP contribution is 2.34. The lowest BCUT2D eigenvalue weighted by molar-refractivity contribution is 0.176. The van der Waals surface area contributed by atoms with E-state index in [1.165, 1.54) is 17.7 Å². The van der Waals surface area contributed by atoms with Gasteiger partial charge in [-0.05, 0) is 93.4 Å². The number of aliphatic hydroxyl groups is 1. The quantitative estimate of drug-likeness (QED) is 0.270. The number of phenolic OH excluding ortho intramolecular Hbond substituents is 1. The van der Waals surface area contributed by atoms with Gasteiger partial charge in [0.25, 0.3) is 0 Å². The van der Waals surface area contributed by atoms with Crippen LogP contribution >= 0.6 is 0 Å². The number of hydrogen-bond acceptors (Lipinski definition) is 6. The van der Waals surface area contributed by atoms with E-state index in [4.69, 9.17) is 4.74 Å². The summed E-state index contributed by atoms with van der Waals surface area (Å²) in [7, 11) is 0. The molecule has 5 N–H and O–H groups in total. The Morgan fingerprint density at radius 1 is 1.09 bits per heavy atom. The smallest absolute Gasteiger partial charge is 0.248 e. The molecule has 0 bridgehead atoms. The molecule has 1 aromatic heterocycles. The molecule has 1 aliphatic heterocycles. The van der Waals surface area contributed by atoms with Crippen molar-refractivity contribution in [2.45, 2.75) is 38.2 Å². The van der Waals surface area contributed by atoms with Crippen molar-refractivity contribution < 1.29 is 14.9 Å². The van der Waals surface area contributed by atoms with E-state index in [1.807, 2.05) is 12.1 Å². The number of fused-ring (bicyclic) bond motifs is 1. The van der Waals surface area contributed by atoms with E-state index >= 15 is 0 Å². The number of aromatic hydroxyl groups is 1. The molecule has 187 valence electrons. The number of pyridine rings is 1. The summed E-state index contributed by atoms with van der Waals surface area (Å²) < 4.78 is 6.12. The molecular weight excluding hydrogens is 442 g/mol. The summed E-state index contributed by atoms with van der Waals surface area (Å²) in [4.78, 5) is 14.2. The number of H-pyrrole nitrogens is 1. The Balaban J connectivity index is 1.20. The predicted molar refractivity (Wildman–Crippen MR) is 139 cm³/mol. The highest BCUT2D eigenvalue weighted by Gasteiger charge is 2.28. The molecule has 2 heterocycles. The number of aliphatic hydroxyl groups excluding tert-OH is 1. The molecule has 4 rings (SSSR count). The summed E-state index contributed by atoms with van der Waals surface area (Å²) in [5.74, 6) is 0.944. The summed E-state index contributed by atoms with van der Waals surface area (Å²) >= 11 is 0. The minimum Gasteiger partial charge on any atom is -0.506 e. The Bertz CT molecular complexity index is 1170. The number of piperidine rings is 1. The second-order valence-electron chi connectivity index (χ2n) is 9.60. The van der Waals surface area contributed by atoms with E-state index in [0.29, 0.717) is 29.6 Å². The first-order valence-electron chi connectivity index (χ1n) is 12.5. The second kappa shape index (κ2) is 11.7. The Morgan fingerprint density at radius 2 is 1.89 bits per heavy atom. The highest BCUT2D eigenvalue weighted by atomic mass is 16.5. The maximum Gasteiger partial charge on any atom is 0.248 e.